The Labute approximate surface area is 61.8 Å². The van der Waals surface area contributed by atoms with Crippen molar-refractivity contribution in [3.8, 4) is 6.07 Å². The molecule has 0 aromatic rings. The molecule has 0 aliphatic heterocycles. The monoisotopic (exact) mass is 139 g/mol. The van der Waals surface area contributed by atoms with E-state index in [-0.39, 0.29) is 5.78 Å². The van der Waals surface area contributed by atoms with Crippen molar-refractivity contribution in [3.63, 3.8) is 0 Å². The molecule has 0 rings (SSSR count). The van der Waals surface area contributed by atoms with Crippen molar-refractivity contribution in [2.45, 2.75) is 39.0 Å². The smallest absolute Gasteiger partial charge is 0.129 e. The summed E-state index contributed by atoms with van der Waals surface area (Å²) in [5.74, 6) is 0.247. The third kappa shape index (κ3) is 7.16. The highest BCUT2D eigenvalue weighted by molar-refractivity contribution is 5.75. The van der Waals surface area contributed by atoms with Crippen LogP contribution < -0.4 is 0 Å². The number of ketones is 1. The Balaban J connectivity index is 2.92. The van der Waals surface area contributed by atoms with Crippen LogP contribution in [0.5, 0.6) is 0 Å². The van der Waals surface area contributed by atoms with Gasteiger partial charge in [-0.2, -0.15) is 5.26 Å². The summed E-state index contributed by atoms with van der Waals surface area (Å²) < 4.78 is 0. The summed E-state index contributed by atoms with van der Waals surface area (Å²) in [5.41, 5.74) is 0. The highest BCUT2D eigenvalue weighted by Crippen LogP contribution is 2.01. The van der Waals surface area contributed by atoms with E-state index in [4.69, 9.17) is 5.26 Å². The quantitative estimate of drug-likeness (QED) is 0.547. The zero-order chi connectivity index (χ0) is 7.82. The Kier molecular flexibility index (Phi) is 5.75. The molecule has 0 bridgehead atoms. The molecule has 0 radical (unpaired) electrons. The van der Waals surface area contributed by atoms with Gasteiger partial charge in [-0.3, -0.25) is 0 Å². The summed E-state index contributed by atoms with van der Waals surface area (Å²) in [6.45, 7) is 1.60. The van der Waals surface area contributed by atoms with E-state index in [0.29, 0.717) is 12.8 Å². The summed E-state index contributed by atoms with van der Waals surface area (Å²) in [6, 6.07) is 2.07. The minimum Gasteiger partial charge on any atom is -0.300 e. The lowest BCUT2D eigenvalue weighted by molar-refractivity contribution is -0.117. The van der Waals surface area contributed by atoms with Gasteiger partial charge in [0.05, 0.1) is 6.07 Å². The van der Waals surface area contributed by atoms with Crippen LogP contribution in [0.3, 0.4) is 0 Å². The molecular formula is C8H13NO. The minimum atomic E-state index is 0.247. The number of hydrogen-bond donors (Lipinski definition) is 0. The Bertz CT molecular complexity index is 135. The van der Waals surface area contributed by atoms with Gasteiger partial charge in [-0.15, -0.1) is 0 Å². The third-order valence-corrected chi connectivity index (χ3v) is 1.32. The Morgan fingerprint density at radius 2 is 2.10 bits per heavy atom. The molecule has 0 spiro atoms. The van der Waals surface area contributed by atoms with Crippen molar-refractivity contribution >= 4 is 5.78 Å². The van der Waals surface area contributed by atoms with Crippen molar-refractivity contribution in [1.82, 2.24) is 0 Å². The summed E-state index contributed by atoms with van der Waals surface area (Å²) in [7, 11) is 0. The molecule has 0 aromatic carbocycles. The zero-order valence-electron chi connectivity index (χ0n) is 6.39. The van der Waals surface area contributed by atoms with Crippen LogP contribution in [0.4, 0.5) is 0 Å². The maximum atomic E-state index is 10.4. The number of carbonyl (C=O) groups is 1. The highest BCUT2D eigenvalue weighted by atomic mass is 16.1. The van der Waals surface area contributed by atoms with E-state index in [1.807, 2.05) is 0 Å². The first-order valence-electron chi connectivity index (χ1n) is 3.63. The lowest BCUT2D eigenvalue weighted by Crippen LogP contribution is -1.88. The number of rotatable bonds is 5. The molecule has 0 amide bonds. The number of unbranched alkanes of at least 4 members (excludes halogenated alkanes) is 3. The standard InChI is InChI=1S/C8H13NO/c1-8(10)6-4-2-3-5-7-9/h2-6H2,1H3. The molecule has 0 unspecified atom stereocenters. The normalized spacial score (nSPS) is 8.80. The van der Waals surface area contributed by atoms with E-state index in [1.165, 1.54) is 0 Å². The van der Waals surface area contributed by atoms with Crippen LogP contribution >= 0.6 is 0 Å². The molecule has 0 heterocycles. The van der Waals surface area contributed by atoms with Crippen LogP contribution in [0.1, 0.15) is 39.0 Å². The fourth-order valence-electron chi connectivity index (χ4n) is 0.755. The summed E-state index contributed by atoms with van der Waals surface area (Å²) in [5, 5.41) is 8.16. The summed E-state index contributed by atoms with van der Waals surface area (Å²) >= 11 is 0. The van der Waals surface area contributed by atoms with Crippen LogP contribution in [-0.2, 0) is 4.79 Å². The average molecular weight is 139 g/mol. The van der Waals surface area contributed by atoms with Crippen molar-refractivity contribution in [3.05, 3.63) is 0 Å². The zero-order valence-corrected chi connectivity index (χ0v) is 6.39. The fraction of sp³-hybridized carbons (Fsp3) is 0.750. The van der Waals surface area contributed by atoms with E-state index < -0.39 is 0 Å². The van der Waals surface area contributed by atoms with E-state index in [1.54, 1.807) is 6.92 Å². The average Bonchev–Trinajstić information content (AvgIpc) is 1.87. The van der Waals surface area contributed by atoms with Gasteiger partial charge in [0.15, 0.2) is 0 Å². The lowest BCUT2D eigenvalue weighted by Gasteiger charge is -1.92. The van der Waals surface area contributed by atoms with E-state index >= 15 is 0 Å². The van der Waals surface area contributed by atoms with Gasteiger partial charge >= 0.3 is 0 Å². The van der Waals surface area contributed by atoms with Gasteiger partial charge in [-0.1, -0.05) is 6.42 Å². The predicted octanol–water partition coefficient (Wildman–Crippen LogP) is 2.05. The molecule has 0 saturated carbocycles. The topological polar surface area (TPSA) is 40.9 Å². The molecule has 0 saturated heterocycles. The van der Waals surface area contributed by atoms with Crippen LogP contribution in [-0.4, -0.2) is 5.78 Å². The van der Waals surface area contributed by atoms with Crippen LogP contribution in [0.25, 0.3) is 0 Å². The van der Waals surface area contributed by atoms with Crippen LogP contribution in [0.15, 0.2) is 0 Å². The third-order valence-electron chi connectivity index (χ3n) is 1.32. The molecule has 2 heteroatoms. The van der Waals surface area contributed by atoms with Crippen LogP contribution in [0, 0.1) is 11.3 Å². The Morgan fingerprint density at radius 1 is 1.40 bits per heavy atom. The van der Waals surface area contributed by atoms with Crippen molar-refractivity contribution in [2.24, 2.45) is 0 Å². The SMILES string of the molecule is CC(=O)CCCCCC#N. The maximum Gasteiger partial charge on any atom is 0.129 e. The van der Waals surface area contributed by atoms with Gasteiger partial charge < -0.3 is 4.79 Å². The van der Waals surface area contributed by atoms with E-state index in [2.05, 4.69) is 6.07 Å². The first-order valence-corrected chi connectivity index (χ1v) is 3.63. The molecule has 10 heavy (non-hydrogen) atoms. The molecule has 0 aliphatic rings. The van der Waals surface area contributed by atoms with Gasteiger partial charge in [0.1, 0.15) is 5.78 Å². The summed E-state index contributed by atoms with van der Waals surface area (Å²) in [4.78, 5) is 10.4. The predicted molar refractivity (Wildman–Crippen MR) is 39.4 cm³/mol. The maximum absolute atomic E-state index is 10.4. The number of nitrogens with zero attached hydrogens (tertiary/aromatic N) is 1. The lowest BCUT2D eigenvalue weighted by atomic mass is 10.1. The number of nitriles is 1. The van der Waals surface area contributed by atoms with Crippen molar-refractivity contribution in [1.29, 1.82) is 5.26 Å². The van der Waals surface area contributed by atoms with Gasteiger partial charge in [-0.25, -0.2) is 0 Å². The highest BCUT2D eigenvalue weighted by Gasteiger charge is 1.92. The summed E-state index contributed by atoms with van der Waals surface area (Å²) in [6.07, 6.45) is 4.18. The van der Waals surface area contributed by atoms with Gasteiger partial charge in [0.2, 0.25) is 0 Å². The molecule has 56 valence electrons. The molecular weight excluding hydrogens is 126 g/mol. The number of carbonyl (C=O) groups excluding carboxylic acids is 1. The number of Topliss-reactive ketones (excluding diaryl/α,β-unsaturated/α-hetero) is 1. The van der Waals surface area contributed by atoms with Gasteiger partial charge in [-0.05, 0) is 19.8 Å². The first-order chi connectivity index (χ1) is 4.77. The van der Waals surface area contributed by atoms with E-state index in [9.17, 15) is 4.79 Å². The molecule has 0 aliphatic carbocycles. The molecule has 0 atom stereocenters. The number of hydrogen-bond acceptors (Lipinski definition) is 2. The molecule has 2 nitrogen and oxygen atoms in total. The first kappa shape index (κ1) is 9.16. The second-order valence-electron chi connectivity index (χ2n) is 2.42. The van der Waals surface area contributed by atoms with Crippen molar-refractivity contribution < 1.29 is 4.79 Å². The second-order valence-corrected chi connectivity index (χ2v) is 2.42. The van der Waals surface area contributed by atoms with Gasteiger partial charge in [0, 0.05) is 12.8 Å². The van der Waals surface area contributed by atoms with Crippen molar-refractivity contribution in [2.75, 3.05) is 0 Å². The van der Waals surface area contributed by atoms with Gasteiger partial charge in [0.25, 0.3) is 0 Å². The minimum absolute atomic E-state index is 0.247. The fourth-order valence-corrected chi connectivity index (χ4v) is 0.755. The Hall–Kier alpha value is -0.840. The molecule has 0 N–H and O–H groups in total. The molecule has 0 aromatic heterocycles. The van der Waals surface area contributed by atoms with E-state index in [0.717, 1.165) is 19.3 Å². The Morgan fingerprint density at radius 3 is 2.60 bits per heavy atom. The largest absolute Gasteiger partial charge is 0.300 e. The molecule has 0 fully saturated rings. The van der Waals surface area contributed by atoms with Crippen LogP contribution in [0.2, 0.25) is 0 Å². The second kappa shape index (κ2) is 6.28.